The molecule has 2 aromatic heterocycles. The number of fused-ring (bicyclic) bond motifs is 3. The van der Waals surface area contributed by atoms with Gasteiger partial charge in [0.25, 0.3) is 0 Å². The van der Waals surface area contributed by atoms with Crippen LogP contribution >= 0.6 is 0 Å². The number of nitrogen functional groups attached to an aromatic ring is 1. The summed E-state index contributed by atoms with van der Waals surface area (Å²) >= 11 is 0. The van der Waals surface area contributed by atoms with Gasteiger partial charge in [0.15, 0.2) is 0 Å². The van der Waals surface area contributed by atoms with Crippen molar-refractivity contribution < 1.29 is 33.2 Å². The van der Waals surface area contributed by atoms with E-state index in [-0.39, 0.29) is 5.78 Å². The molecule has 3 N–H and O–H groups in total. The molecule has 1 fully saturated rings. The Morgan fingerprint density at radius 2 is 1.38 bits per heavy atom. The van der Waals surface area contributed by atoms with Gasteiger partial charge in [-0.2, -0.15) is 0 Å². The predicted octanol–water partition coefficient (Wildman–Crippen LogP) is 3.24. The molecule has 0 radical (unpaired) electrons. The molecule has 0 saturated carbocycles. The van der Waals surface area contributed by atoms with Crippen molar-refractivity contribution >= 4 is 39.2 Å². The number of carbonyl (C=O) groups excluding carboxylic acids is 1. The molecular weight excluding hydrogens is 604 g/mol. The summed E-state index contributed by atoms with van der Waals surface area (Å²) in [5, 5.41) is 1.05. The molecule has 1 aromatic carbocycles. The van der Waals surface area contributed by atoms with Crippen molar-refractivity contribution in [2.24, 2.45) is 0 Å². The first-order chi connectivity index (χ1) is 23.0. The molecule has 3 aromatic rings. The Balaban J connectivity index is 0.986. The first kappa shape index (κ1) is 36.9. The van der Waals surface area contributed by atoms with Gasteiger partial charge in [-0.05, 0) is 31.5 Å². The van der Waals surface area contributed by atoms with Crippen molar-refractivity contribution in [1.82, 2.24) is 19.9 Å². The fraction of sp³-hybridized carbons (Fsp3) is 0.676. The van der Waals surface area contributed by atoms with Gasteiger partial charge < -0.3 is 44.0 Å². The van der Waals surface area contributed by atoms with E-state index >= 15 is 0 Å². The van der Waals surface area contributed by atoms with Gasteiger partial charge in [0.1, 0.15) is 28.5 Å². The number of benzene rings is 1. The maximum atomic E-state index is 10.8. The van der Waals surface area contributed by atoms with E-state index in [1.165, 1.54) is 5.69 Å². The zero-order chi connectivity index (χ0) is 33.1. The lowest BCUT2D eigenvalue weighted by molar-refractivity contribution is -0.118. The fourth-order valence-corrected chi connectivity index (χ4v) is 5.30. The molecule has 47 heavy (non-hydrogen) atoms. The van der Waals surface area contributed by atoms with Crippen LogP contribution < -0.4 is 10.6 Å². The molecule has 13 heteroatoms. The molecular formula is C34H54N6O7. The van der Waals surface area contributed by atoms with E-state index in [0.29, 0.717) is 91.5 Å². The van der Waals surface area contributed by atoms with Crippen LogP contribution in [0.4, 0.5) is 11.5 Å². The number of hydrogen-bond donors (Lipinski definition) is 2. The highest BCUT2D eigenvalue weighted by molar-refractivity contribution is 6.07. The van der Waals surface area contributed by atoms with E-state index in [1.807, 2.05) is 0 Å². The monoisotopic (exact) mass is 658 g/mol. The van der Waals surface area contributed by atoms with Gasteiger partial charge in [-0.25, -0.2) is 9.97 Å². The molecule has 13 nitrogen and oxygen atoms in total. The first-order valence-corrected chi connectivity index (χ1v) is 17.1. The molecule has 0 unspecified atom stereocenters. The van der Waals surface area contributed by atoms with Crippen LogP contribution in [0, 0.1) is 0 Å². The quantitative estimate of drug-likeness (QED) is 0.129. The molecule has 1 saturated heterocycles. The van der Waals surface area contributed by atoms with Crippen molar-refractivity contribution in [1.29, 1.82) is 0 Å². The normalized spacial score (nSPS) is 14.1. The van der Waals surface area contributed by atoms with Crippen LogP contribution in [0.2, 0.25) is 0 Å². The number of piperazine rings is 1. The number of carbonyl (C=O) groups is 1. The second-order valence-corrected chi connectivity index (χ2v) is 11.7. The number of nitrogens with zero attached hydrogens (tertiary/aromatic N) is 4. The number of hydrogen-bond acceptors (Lipinski definition) is 12. The summed E-state index contributed by atoms with van der Waals surface area (Å²) < 4.78 is 33.1. The number of rotatable bonds is 25. The maximum Gasteiger partial charge on any atom is 0.150 e. The molecule has 0 bridgehead atoms. The summed E-state index contributed by atoms with van der Waals surface area (Å²) in [5.74, 6) is 1.61. The number of H-pyrrole nitrogens is 1. The third-order valence-electron chi connectivity index (χ3n) is 8.00. The number of aromatic nitrogens is 3. The van der Waals surface area contributed by atoms with Crippen molar-refractivity contribution in [3.63, 3.8) is 0 Å². The van der Waals surface area contributed by atoms with Gasteiger partial charge in [-0.1, -0.05) is 13.3 Å². The van der Waals surface area contributed by atoms with Gasteiger partial charge in [-0.3, -0.25) is 9.69 Å². The lowest BCUT2D eigenvalue weighted by Crippen LogP contribution is -2.47. The Labute approximate surface area is 278 Å². The number of aromatic amines is 1. The molecule has 1 aliphatic rings. The van der Waals surface area contributed by atoms with Crippen molar-refractivity contribution in [3.8, 4) is 0 Å². The molecule has 0 atom stereocenters. The summed E-state index contributed by atoms with van der Waals surface area (Å²) in [4.78, 5) is 28.6. The van der Waals surface area contributed by atoms with Crippen molar-refractivity contribution in [3.05, 3.63) is 24.0 Å². The lowest BCUT2D eigenvalue weighted by Gasteiger charge is -2.36. The van der Waals surface area contributed by atoms with Gasteiger partial charge in [0, 0.05) is 56.6 Å². The van der Waals surface area contributed by atoms with Crippen LogP contribution in [-0.4, -0.2) is 138 Å². The van der Waals surface area contributed by atoms with Crippen LogP contribution in [-0.2, 0) is 39.6 Å². The summed E-state index contributed by atoms with van der Waals surface area (Å²) in [6, 6.07) is 6.41. The second kappa shape index (κ2) is 21.1. The number of anilines is 2. The summed E-state index contributed by atoms with van der Waals surface area (Å²) in [7, 11) is 0. The summed E-state index contributed by atoms with van der Waals surface area (Å²) in [6.45, 7) is 14.9. The highest BCUT2D eigenvalue weighted by Crippen LogP contribution is 2.30. The molecule has 0 spiro atoms. The number of ether oxygens (including phenoxy) is 6. The Hall–Kier alpha value is -2.91. The van der Waals surface area contributed by atoms with E-state index in [1.54, 1.807) is 6.92 Å². The molecule has 1 aliphatic heterocycles. The maximum absolute atomic E-state index is 10.8. The van der Waals surface area contributed by atoms with Gasteiger partial charge >= 0.3 is 0 Å². The average Bonchev–Trinajstić information content (AvgIpc) is 3.52. The standard InChI is InChI=1S/C34H54N6O7/c1-3-4-5-31-37-32-29-26-28(6-7-30(29)36-34(35)33(32)38-31)40-11-9-39(10-12-40)13-15-43-17-19-45-21-23-47-25-24-46-22-20-44-18-16-42-14-8-27(2)41/h6-7,26H,3-5,8-25H2,1-2H3,(H2,35,36)(H,37,38). The highest BCUT2D eigenvalue weighted by atomic mass is 16.6. The van der Waals surface area contributed by atoms with Crippen molar-refractivity contribution in [2.75, 3.05) is 123 Å². The van der Waals surface area contributed by atoms with Crippen LogP contribution in [0.15, 0.2) is 18.2 Å². The van der Waals surface area contributed by atoms with E-state index in [9.17, 15) is 4.79 Å². The fourth-order valence-electron chi connectivity index (χ4n) is 5.30. The largest absolute Gasteiger partial charge is 0.382 e. The van der Waals surface area contributed by atoms with Crippen LogP contribution in [0.3, 0.4) is 0 Å². The number of pyridine rings is 1. The molecule has 0 amide bonds. The number of aryl methyl sites for hydroxylation is 1. The number of nitrogens with one attached hydrogen (secondary N) is 1. The SMILES string of the molecule is CCCCc1nc2c([nH]1)c(N)nc1ccc(N3CCN(CCOCCOCCOCCOCCOCCOCCC(C)=O)CC3)cc12. The zero-order valence-corrected chi connectivity index (χ0v) is 28.3. The Bertz CT molecular complexity index is 1330. The van der Waals surface area contributed by atoms with Crippen LogP contribution in [0.1, 0.15) is 38.9 Å². The minimum absolute atomic E-state index is 0.131. The number of imidazole rings is 1. The van der Waals surface area contributed by atoms with Gasteiger partial charge in [0.05, 0.1) is 84.8 Å². The first-order valence-electron chi connectivity index (χ1n) is 17.1. The average molecular weight is 659 g/mol. The molecule has 4 rings (SSSR count). The van der Waals surface area contributed by atoms with E-state index < -0.39 is 0 Å². The van der Waals surface area contributed by atoms with Crippen LogP contribution in [0.25, 0.3) is 21.9 Å². The smallest absolute Gasteiger partial charge is 0.150 e. The minimum atomic E-state index is 0.131. The van der Waals surface area contributed by atoms with E-state index in [2.05, 4.69) is 44.9 Å². The summed E-state index contributed by atoms with van der Waals surface area (Å²) in [6.07, 6.45) is 3.58. The minimum Gasteiger partial charge on any atom is -0.382 e. The number of unbranched alkanes of at least 4 members (excludes halogenated alkanes) is 1. The predicted molar refractivity (Wildman–Crippen MR) is 183 cm³/mol. The highest BCUT2D eigenvalue weighted by Gasteiger charge is 2.19. The lowest BCUT2D eigenvalue weighted by atomic mass is 10.1. The molecule has 3 heterocycles. The number of ketones is 1. The third kappa shape index (κ3) is 12.9. The van der Waals surface area contributed by atoms with Crippen molar-refractivity contribution in [2.45, 2.75) is 39.5 Å². The van der Waals surface area contributed by atoms with Crippen LogP contribution in [0.5, 0.6) is 0 Å². The molecule has 262 valence electrons. The second-order valence-electron chi connectivity index (χ2n) is 11.7. The Kier molecular flexibility index (Phi) is 16.6. The third-order valence-corrected chi connectivity index (χ3v) is 8.00. The number of Topliss-reactive ketones (excluding diaryl/α,β-unsaturated/α-hetero) is 1. The number of nitrogens with two attached hydrogens (primary N) is 1. The zero-order valence-electron chi connectivity index (χ0n) is 28.3. The summed E-state index contributed by atoms with van der Waals surface area (Å²) in [5.41, 5.74) is 10.1. The Morgan fingerprint density at radius 3 is 1.96 bits per heavy atom. The van der Waals surface area contributed by atoms with E-state index in [4.69, 9.17) is 39.1 Å². The van der Waals surface area contributed by atoms with Gasteiger partial charge in [0.2, 0.25) is 0 Å². The topological polar surface area (TPSA) is 147 Å². The van der Waals surface area contributed by atoms with E-state index in [0.717, 1.165) is 79.7 Å². The molecule has 0 aliphatic carbocycles. The Morgan fingerprint density at radius 1 is 0.809 bits per heavy atom. The van der Waals surface area contributed by atoms with Gasteiger partial charge in [-0.15, -0.1) is 0 Å².